The van der Waals surface area contributed by atoms with E-state index in [9.17, 15) is 14.9 Å². The molecule has 2 amide bonds. The van der Waals surface area contributed by atoms with E-state index >= 15 is 0 Å². The lowest BCUT2D eigenvalue weighted by atomic mass is 10.0. The first kappa shape index (κ1) is 30.4. The standard InChI is InChI=1S/C33H32N8O5/c1-44-24-4-2-22(3-5-24)40-33(43)32-37-17-23(18-38-32)39-31-21(15-34)16-36-27-14-29(46-25-8-11-45-19-25)28(13-26(27)31)41-30(42)12-20-6-9-35-10-7-20/h2-5,12-14,16-18,25,35H,6-11,19H2,1H3,(H,36,39)(H,40,43)(H,41,42). The highest BCUT2D eigenvalue weighted by atomic mass is 16.5. The van der Waals surface area contributed by atoms with Crippen LogP contribution >= 0.6 is 0 Å². The summed E-state index contributed by atoms with van der Waals surface area (Å²) in [5.41, 5.74) is 3.76. The SMILES string of the molecule is COc1ccc(NC(=O)c2ncc(Nc3c(C#N)cnc4cc(OC5CCOC5)c(NC(=O)C=C5CCNCC5)cc34)cn2)cc1. The van der Waals surface area contributed by atoms with Gasteiger partial charge in [0.05, 0.1) is 60.9 Å². The Bertz CT molecular complexity index is 1810. The Balaban J connectivity index is 1.28. The predicted octanol–water partition coefficient (Wildman–Crippen LogP) is 4.32. The minimum Gasteiger partial charge on any atom is -0.497 e. The van der Waals surface area contributed by atoms with Crippen LogP contribution in [0.2, 0.25) is 0 Å². The number of fused-ring (bicyclic) bond motifs is 1. The second-order valence-electron chi connectivity index (χ2n) is 10.8. The molecule has 13 heteroatoms. The van der Waals surface area contributed by atoms with Crippen molar-refractivity contribution >= 4 is 45.5 Å². The van der Waals surface area contributed by atoms with Crippen molar-refractivity contribution in [1.29, 1.82) is 5.26 Å². The highest BCUT2D eigenvalue weighted by molar-refractivity contribution is 6.05. The zero-order valence-electron chi connectivity index (χ0n) is 25.1. The van der Waals surface area contributed by atoms with Crippen LogP contribution in [0.4, 0.5) is 22.7 Å². The molecule has 4 aromatic rings. The van der Waals surface area contributed by atoms with Gasteiger partial charge in [0.2, 0.25) is 11.7 Å². The molecule has 2 fully saturated rings. The number of piperidine rings is 1. The zero-order chi connectivity index (χ0) is 31.9. The largest absolute Gasteiger partial charge is 0.497 e. The Morgan fingerprint density at radius 3 is 2.52 bits per heavy atom. The van der Waals surface area contributed by atoms with E-state index < -0.39 is 5.91 Å². The number of nitriles is 1. The van der Waals surface area contributed by atoms with E-state index in [-0.39, 0.29) is 23.4 Å². The fourth-order valence-corrected chi connectivity index (χ4v) is 5.18. The van der Waals surface area contributed by atoms with E-state index in [1.54, 1.807) is 49.6 Å². The summed E-state index contributed by atoms with van der Waals surface area (Å²) in [5.74, 6) is 0.343. The van der Waals surface area contributed by atoms with Crippen LogP contribution in [0.15, 0.2) is 66.6 Å². The summed E-state index contributed by atoms with van der Waals surface area (Å²) < 4.78 is 16.9. The van der Waals surface area contributed by atoms with Gasteiger partial charge >= 0.3 is 0 Å². The van der Waals surface area contributed by atoms with Crippen molar-refractivity contribution < 1.29 is 23.8 Å². The summed E-state index contributed by atoms with van der Waals surface area (Å²) >= 11 is 0. The maximum atomic E-state index is 13.1. The number of hydrogen-bond acceptors (Lipinski definition) is 11. The van der Waals surface area contributed by atoms with Crippen molar-refractivity contribution in [3.05, 3.63) is 78.0 Å². The molecule has 234 valence electrons. The van der Waals surface area contributed by atoms with E-state index in [4.69, 9.17) is 14.2 Å². The smallest absolute Gasteiger partial charge is 0.293 e. The Morgan fingerprint density at radius 1 is 1.04 bits per heavy atom. The van der Waals surface area contributed by atoms with Gasteiger partial charge < -0.3 is 35.5 Å². The summed E-state index contributed by atoms with van der Waals surface area (Å²) in [6.45, 7) is 2.72. The maximum Gasteiger partial charge on any atom is 0.293 e. The van der Waals surface area contributed by atoms with Gasteiger partial charge in [0.25, 0.3) is 5.91 Å². The number of carbonyl (C=O) groups is 2. The van der Waals surface area contributed by atoms with Gasteiger partial charge in [0, 0.05) is 35.8 Å². The molecular formula is C33H32N8O5. The minimum absolute atomic E-state index is 0.0352. The number of nitrogens with zero attached hydrogens (tertiary/aromatic N) is 4. The van der Waals surface area contributed by atoms with Crippen LogP contribution in [0.1, 0.15) is 35.4 Å². The summed E-state index contributed by atoms with van der Waals surface area (Å²) in [6, 6.07) is 12.5. The number of benzene rings is 2. The average Bonchev–Trinajstić information content (AvgIpc) is 3.59. The lowest BCUT2D eigenvalue weighted by molar-refractivity contribution is -0.112. The molecule has 0 spiro atoms. The third-order valence-electron chi connectivity index (χ3n) is 7.58. The summed E-state index contributed by atoms with van der Waals surface area (Å²) in [7, 11) is 1.57. The van der Waals surface area contributed by atoms with Gasteiger partial charge in [-0.2, -0.15) is 5.26 Å². The molecule has 0 radical (unpaired) electrons. The van der Waals surface area contributed by atoms with E-state index in [0.29, 0.717) is 58.4 Å². The number of pyridine rings is 1. The highest BCUT2D eigenvalue weighted by Crippen LogP contribution is 2.37. The first-order valence-corrected chi connectivity index (χ1v) is 14.9. The van der Waals surface area contributed by atoms with Gasteiger partial charge in [0.1, 0.15) is 23.7 Å². The average molecular weight is 621 g/mol. The molecule has 4 heterocycles. The van der Waals surface area contributed by atoms with Crippen molar-refractivity contribution in [1.82, 2.24) is 20.3 Å². The molecule has 2 saturated heterocycles. The molecular weight excluding hydrogens is 588 g/mol. The second-order valence-corrected chi connectivity index (χ2v) is 10.8. The highest BCUT2D eigenvalue weighted by Gasteiger charge is 2.22. The van der Waals surface area contributed by atoms with Crippen LogP contribution in [0, 0.1) is 11.3 Å². The van der Waals surface area contributed by atoms with Crippen molar-refractivity contribution in [3.63, 3.8) is 0 Å². The van der Waals surface area contributed by atoms with Gasteiger partial charge in [-0.1, -0.05) is 5.57 Å². The minimum atomic E-state index is -0.483. The van der Waals surface area contributed by atoms with E-state index in [1.165, 1.54) is 18.6 Å². The van der Waals surface area contributed by atoms with Crippen LogP contribution in [0.25, 0.3) is 10.9 Å². The normalized spacial score (nSPS) is 15.9. The number of amides is 2. The Labute approximate surface area is 265 Å². The van der Waals surface area contributed by atoms with E-state index in [1.807, 2.05) is 0 Å². The van der Waals surface area contributed by atoms with Gasteiger partial charge in [-0.15, -0.1) is 0 Å². The monoisotopic (exact) mass is 620 g/mol. The quantitative estimate of drug-likeness (QED) is 0.196. The lowest BCUT2D eigenvalue weighted by Gasteiger charge is -2.19. The molecule has 6 rings (SSSR count). The summed E-state index contributed by atoms with van der Waals surface area (Å²) in [4.78, 5) is 38.8. The van der Waals surface area contributed by atoms with Gasteiger partial charge in [0.15, 0.2) is 0 Å². The van der Waals surface area contributed by atoms with Crippen LogP contribution in [0.3, 0.4) is 0 Å². The molecule has 46 heavy (non-hydrogen) atoms. The van der Waals surface area contributed by atoms with Gasteiger partial charge in [-0.05, 0) is 56.3 Å². The number of aromatic nitrogens is 3. The number of rotatable bonds is 9. The number of carbonyl (C=O) groups excluding carboxylic acids is 2. The number of hydrogen-bond donors (Lipinski definition) is 4. The van der Waals surface area contributed by atoms with Gasteiger partial charge in [-0.25, -0.2) is 9.97 Å². The molecule has 4 N–H and O–H groups in total. The fourth-order valence-electron chi connectivity index (χ4n) is 5.18. The van der Waals surface area contributed by atoms with Crippen LogP contribution < -0.4 is 30.7 Å². The number of ether oxygens (including phenoxy) is 3. The molecule has 0 saturated carbocycles. The topological polar surface area (TPSA) is 172 Å². The first-order valence-electron chi connectivity index (χ1n) is 14.9. The Hall–Kier alpha value is -5.58. The third-order valence-corrected chi connectivity index (χ3v) is 7.58. The first-order chi connectivity index (χ1) is 22.5. The molecule has 1 atom stereocenters. The molecule has 0 aliphatic carbocycles. The second kappa shape index (κ2) is 14.0. The van der Waals surface area contributed by atoms with Crippen molar-refractivity contribution in [2.45, 2.75) is 25.4 Å². The van der Waals surface area contributed by atoms with Crippen LogP contribution in [0.5, 0.6) is 11.5 Å². The predicted molar refractivity (Wildman–Crippen MR) is 171 cm³/mol. The van der Waals surface area contributed by atoms with E-state index in [0.717, 1.165) is 37.9 Å². The molecule has 13 nitrogen and oxygen atoms in total. The lowest BCUT2D eigenvalue weighted by Crippen LogP contribution is -2.24. The third kappa shape index (κ3) is 7.20. The van der Waals surface area contributed by atoms with Crippen molar-refractivity contribution in [3.8, 4) is 17.6 Å². The Kier molecular flexibility index (Phi) is 9.28. The maximum absolute atomic E-state index is 13.1. The van der Waals surface area contributed by atoms with E-state index in [2.05, 4.69) is 42.3 Å². The van der Waals surface area contributed by atoms with Crippen LogP contribution in [-0.4, -0.2) is 66.3 Å². The molecule has 2 aliphatic rings. The summed E-state index contributed by atoms with van der Waals surface area (Å²) in [6.07, 6.45) is 8.19. The summed E-state index contributed by atoms with van der Waals surface area (Å²) in [5, 5.41) is 22.7. The molecule has 0 bridgehead atoms. The molecule has 2 aromatic carbocycles. The van der Waals surface area contributed by atoms with Gasteiger partial charge in [-0.3, -0.25) is 14.6 Å². The molecule has 2 aromatic heterocycles. The van der Waals surface area contributed by atoms with Crippen molar-refractivity contribution in [2.24, 2.45) is 0 Å². The Morgan fingerprint density at radius 2 is 1.83 bits per heavy atom. The van der Waals surface area contributed by atoms with Crippen LogP contribution in [-0.2, 0) is 9.53 Å². The number of methoxy groups -OCH3 is 1. The molecule has 1 unspecified atom stereocenters. The number of nitrogens with one attached hydrogen (secondary N) is 4. The molecule has 2 aliphatic heterocycles. The fraction of sp³-hybridized carbons (Fsp3) is 0.273. The van der Waals surface area contributed by atoms with Crippen molar-refractivity contribution in [2.75, 3.05) is 49.4 Å². The zero-order valence-corrected chi connectivity index (χ0v) is 25.1. The number of anilines is 4.